The minimum Gasteiger partial charge on any atom is -0.385 e. The summed E-state index contributed by atoms with van der Waals surface area (Å²) in [6, 6.07) is 14.5. The highest BCUT2D eigenvalue weighted by molar-refractivity contribution is 6.33. The molecule has 3 N–H and O–H groups in total. The quantitative estimate of drug-likeness (QED) is 0.443. The molecular formula is C28H35ClN6O3. The van der Waals surface area contributed by atoms with Crippen LogP contribution in [0.2, 0.25) is 5.02 Å². The van der Waals surface area contributed by atoms with Crippen LogP contribution in [0.3, 0.4) is 0 Å². The van der Waals surface area contributed by atoms with Crippen LogP contribution in [0.4, 0.5) is 10.5 Å². The van der Waals surface area contributed by atoms with Crippen LogP contribution in [0.5, 0.6) is 0 Å². The molecule has 1 aromatic heterocycles. The molecule has 3 atom stereocenters. The van der Waals surface area contributed by atoms with Crippen molar-refractivity contribution < 1.29 is 14.3 Å². The number of likely N-dealkylation sites (tertiary alicyclic amines) is 2. The van der Waals surface area contributed by atoms with Crippen LogP contribution < -0.4 is 11.1 Å². The molecule has 202 valence electrons. The molecule has 5 rings (SSSR count). The van der Waals surface area contributed by atoms with E-state index in [1.165, 1.54) is 0 Å². The summed E-state index contributed by atoms with van der Waals surface area (Å²) in [5.74, 6) is 0.736. The highest BCUT2D eigenvalue weighted by Gasteiger charge is 2.41. The first-order chi connectivity index (χ1) is 18.5. The van der Waals surface area contributed by atoms with Crippen molar-refractivity contribution in [2.24, 2.45) is 11.7 Å². The van der Waals surface area contributed by atoms with Gasteiger partial charge in [0.1, 0.15) is 5.82 Å². The first-order valence-corrected chi connectivity index (χ1v) is 13.6. The predicted molar refractivity (Wildman–Crippen MR) is 148 cm³/mol. The number of carbonyl (C=O) groups is 2. The third kappa shape index (κ3) is 5.50. The van der Waals surface area contributed by atoms with Crippen LogP contribution >= 0.6 is 11.6 Å². The number of nitrogens with one attached hydrogen (secondary N) is 1. The lowest BCUT2D eigenvalue weighted by atomic mass is 9.94. The number of methoxy groups -OCH3 is 1. The van der Waals surface area contributed by atoms with Gasteiger partial charge in [0.15, 0.2) is 0 Å². The summed E-state index contributed by atoms with van der Waals surface area (Å²) >= 11 is 6.19. The molecule has 0 saturated carbocycles. The molecule has 3 aromatic rings. The van der Waals surface area contributed by atoms with E-state index in [4.69, 9.17) is 27.1 Å². The number of fused-ring (bicyclic) bond motifs is 1. The van der Waals surface area contributed by atoms with Gasteiger partial charge in [-0.1, -0.05) is 35.9 Å². The number of hydrogen-bond acceptors (Lipinski definition) is 5. The van der Waals surface area contributed by atoms with E-state index in [2.05, 4.69) is 16.0 Å². The summed E-state index contributed by atoms with van der Waals surface area (Å²) in [5, 5.41) is 3.30. The number of carbonyl (C=O) groups excluding carboxylic acids is 2. The third-order valence-corrected chi connectivity index (χ3v) is 7.93. The average Bonchev–Trinajstić information content (AvgIpc) is 3.50. The first-order valence-electron chi connectivity index (χ1n) is 13.2. The number of aryl methyl sites for hydroxylation is 1. The van der Waals surface area contributed by atoms with Gasteiger partial charge >= 0.3 is 6.03 Å². The molecule has 38 heavy (non-hydrogen) atoms. The molecule has 0 radical (unpaired) electrons. The Balaban J connectivity index is 1.27. The monoisotopic (exact) mass is 538 g/mol. The molecule has 3 heterocycles. The molecule has 2 aliphatic rings. The number of piperidine rings is 1. The van der Waals surface area contributed by atoms with Crippen molar-refractivity contribution in [3.63, 3.8) is 0 Å². The van der Waals surface area contributed by atoms with Crippen LogP contribution in [-0.4, -0.2) is 77.2 Å². The number of aromatic nitrogens is 2. The van der Waals surface area contributed by atoms with Crippen LogP contribution in [0.25, 0.3) is 11.0 Å². The largest absolute Gasteiger partial charge is 0.385 e. The number of halogens is 1. The van der Waals surface area contributed by atoms with E-state index in [1.54, 1.807) is 30.2 Å². The van der Waals surface area contributed by atoms with Gasteiger partial charge in [0.25, 0.3) is 0 Å². The van der Waals surface area contributed by atoms with E-state index in [-0.39, 0.29) is 24.4 Å². The van der Waals surface area contributed by atoms with Gasteiger partial charge in [-0.2, -0.15) is 0 Å². The molecule has 0 spiro atoms. The molecule has 2 fully saturated rings. The molecule has 2 aromatic carbocycles. The molecule has 0 bridgehead atoms. The number of ether oxygens (including phenoxy) is 1. The van der Waals surface area contributed by atoms with Crippen molar-refractivity contribution in [1.29, 1.82) is 0 Å². The van der Waals surface area contributed by atoms with Gasteiger partial charge in [0, 0.05) is 58.4 Å². The molecule has 9 nitrogen and oxygen atoms in total. The van der Waals surface area contributed by atoms with E-state index in [9.17, 15) is 9.59 Å². The number of hydrogen-bond donors (Lipinski definition) is 2. The van der Waals surface area contributed by atoms with Crippen LogP contribution in [-0.2, 0) is 16.1 Å². The Hall–Kier alpha value is -3.14. The van der Waals surface area contributed by atoms with Gasteiger partial charge in [0.05, 0.1) is 27.7 Å². The number of para-hydroxylation sites is 3. The van der Waals surface area contributed by atoms with E-state index in [0.29, 0.717) is 37.0 Å². The Kier molecular flexibility index (Phi) is 8.16. The Labute approximate surface area is 227 Å². The number of anilines is 1. The Morgan fingerprint density at radius 1 is 1.11 bits per heavy atom. The lowest BCUT2D eigenvalue weighted by molar-refractivity contribution is -0.136. The van der Waals surface area contributed by atoms with Gasteiger partial charge in [-0.3, -0.25) is 4.79 Å². The van der Waals surface area contributed by atoms with Crippen molar-refractivity contribution in [3.05, 3.63) is 59.4 Å². The Morgan fingerprint density at radius 3 is 2.71 bits per heavy atom. The van der Waals surface area contributed by atoms with Crippen LogP contribution in [0, 0.1) is 5.92 Å². The van der Waals surface area contributed by atoms with Gasteiger partial charge in [0.2, 0.25) is 5.91 Å². The van der Waals surface area contributed by atoms with Gasteiger partial charge in [-0.15, -0.1) is 0 Å². The summed E-state index contributed by atoms with van der Waals surface area (Å²) in [6.07, 6.45) is 2.76. The fourth-order valence-corrected chi connectivity index (χ4v) is 5.83. The van der Waals surface area contributed by atoms with Crippen molar-refractivity contribution in [3.8, 4) is 0 Å². The SMILES string of the molecule is COCCCn1c([C@@H]2CCCN(C(=O)[C@@H]3CN(C(=O)Nc4ccccc4Cl)C[C@H]3N)C2)nc2ccccc21. The maximum absolute atomic E-state index is 13.7. The Bertz CT molecular complexity index is 1300. The van der Waals surface area contributed by atoms with Gasteiger partial charge in [-0.25, -0.2) is 9.78 Å². The summed E-state index contributed by atoms with van der Waals surface area (Å²) in [5.41, 5.74) is 9.02. The predicted octanol–water partition coefficient (Wildman–Crippen LogP) is 3.92. The maximum Gasteiger partial charge on any atom is 0.321 e. The number of benzene rings is 2. The molecule has 2 aliphatic heterocycles. The minimum atomic E-state index is -0.439. The normalized spacial score (nSPS) is 21.7. The number of imidazole rings is 1. The summed E-state index contributed by atoms with van der Waals surface area (Å²) < 4.78 is 7.57. The number of urea groups is 1. The highest BCUT2D eigenvalue weighted by atomic mass is 35.5. The topological polar surface area (TPSA) is 106 Å². The molecule has 2 saturated heterocycles. The number of amides is 3. The summed E-state index contributed by atoms with van der Waals surface area (Å²) in [4.78, 5) is 35.1. The van der Waals surface area contributed by atoms with Gasteiger partial charge in [-0.05, 0) is 43.5 Å². The second-order valence-corrected chi connectivity index (χ2v) is 10.6. The fraction of sp³-hybridized carbons (Fsp3) is 0.464. The smallest absolute Gasteiger partial charge is 0.321 e. The molecule has 10 heteroatoms. The highest BCUT2D eigenvalue weighted by Crippen LogP contribution is 2.31. The van der Waals surface area contributed by atoms with Crippen LogP contribution in [0.1, 0.15) is 31.0 Å². The second-order valence-electron chi connectivity index (χ2n) is 10.2. The van der Waals surface area contributed by atoms with E-state index >= 15 is 0 Å². The third-order valence-electron chi connectivity index (χ3n) is 7.60. The molecular weight excluding hydrogens is 504 g/mol. The minimum absolute atomic E-state index is 0.0114. The number of rotatable bonds is 7. The zero-order chi connectivity index (χ0) is 26.6. The maximum atomic E-state index is 13.7. The summed E-state index contributed by atoms with van der Waals surface area (Å²) in [7, 11) is 1.72. The summed E-state index contributed by atoms with van der Waals surface area (Å²) in [6.45, 7) is 3.39. The lowest BCUT2D eigenvalue weighted by Gasteiger charge is -2.35. The van der Waals surface area contributed by atoms with E-state index < -0.39 is 12.0 Å². The van der Waals surface area contributed by atoms with Gasteiger partial charge < -0.3 is 30.2 Å². The fourth-order valence-electron chi connectivity index (χ4n) is 5.64. The first kappa shape index (κ1) is 26.5. The van der Waals surface area contributed by atoms with Crippen molar-refractivity contribution in [2.75, 3.05) is 45.2 Å². The zero-order valence-corrected chi connectivity index (χ0v) is 22.4. The standard InChI is InChI=1S/C28H35ClN6O3/c1-38-15-7-14-35-25-12-5-4-11-24(25)31-26(35)19-8-6-13-33(16-19)27(36)20-17-34(18-22(20)30)28(37)32-23-10-3-2-9-21(23)29/h2-5,9-12,19-20,22H,6-8,13-18,30H2,1H3,(H,32,37)/t19-,20-,22-/m1/s1. The van der Waals surface area contributed by atoms with Crippen LogP contribution in [0.15, 0.2) is 48.5 Å². The lowest BCUT2D eigenvalue weighted by Crippen LogP contribution is -2.47. The second kappa shape index (κ2) is 11.7. The molecule has 0 unspecified atom stereocenters. The van der Waals surface area contributed by atoms with E-state index in [0.717, 1.165) is 42.7 Å². The molecule has 0 aliphatic carbocycles. The number of nitrogens with two attached hydrogens (primary N) is 1. The average molecular weight is 539 g/mol. The molecule has 3 amide bonds. The zero-order valence-electron chi connectivity index (χ0n) is 21.7. The van der Waals surface area contributed by atoms with Crippen molar-refractivity contribution in [1.82, 2.24) is 19.4 Å². The van der Waals surface area contributed by atoms with E-state index in [1.807, 2.05) is 29.2 Å². The number of nitrogens with zero attached hydrogens (tertiary/aromatic N) is 4. The van der Waals surface area contributed by atoms with Crippen molar-refractivity contribution >= 4 is 40.3 Å². The Morgan fingerprint density at radius 2 is 1.89 bits per heavy atom. The van der Waals surface area contributed by atoms with Crippen molar-refractivity contribution in [2.45, 2.75) is 37.8 Å².